The molecule has 1 aromatic rings. The van der Waals surface area contributed by atoms with Gasteiger partial charge in [0.2, 0.25) is 10.0 Å². The lowest BCUT2D eigenvalue weighted by atomic mass is 10.1. The number of aliphatic hydroxyl groups excluding tert-OH is 1. The van der Waals surface area contributed by atoms with E-state index in [-0.39, 0.29) is 17.5 Å². The predicted molar refractivity (Wildman–Crippen MR) is 71.9 cm³/mol. The molecule has 0 saturated heterocycles. The van der Waals surface area contributed by atoms with Gasteiger partial charge in [-0.15, -0.1) is 0 Å². The molecule has 0 aliphatic heterocycles. The summed E-state index contributed by atoms with van der Waals surface area (Å²) < 4.78 is 26.3. The van der Waals surface area contributed by atoms with Crippen molar-refractivity contribution in [2.75, 3.05) is 7.05 Å². The number of nitrogens with zero attached hydrogens (tertiary/aromatic N) is 1. The minimum atomic E-state index is -3.50. The second-order valence-corrected chi connectivity index (χ2v) is 6.77. The van der Waals surface area contributed by atoms with Gasteiger partial charge in [-0.3, -0.25) is 0 Å². The Bertz CT molecular complexity index is 535. The zero-order valence-electron chi connectivity index (χ0n) is 11.6. The highest BCUT2D eigenvalue weighted by atomic mass is 32.2. The molecule has 18 heavy (non-hydrogen) atoms. The van der Waals surface area contributed by atoms with Crippen LogP contribution in [0.2, 0.25) is 0 Å². The number of aliphatic hydroxyl groups is 1. The fourth-order valence-corrected chi connectivity index (χ4v) is 3.40. The monoisotopic (exact) mass is 271 g/mol. The highest BCUT2D eigenvalue weighted by molar-refractivity contribution is 7.89. The Hall–Kier alpha value is -0.910. The van der Waals surface area contributed by atoms with E-state index >= 15 is 0 Å². The van der Waals surface area contributed by atoms with E-state index in [0.29, 0.717) is 5.56 Å². The molecular formula is C13H21NO3S. The van der Waals surface area contributed by atoms with Gasteiger partial charge < -0.3 is 5.11 Å². The summed E-state index contributed by atoms with van der Waals surface area (Å²) in [6.07, 6.45) is 0. The minimum Gasteiger partial charge on any atom is -0.392 e. The largest absolute Gasteiger partial charge is 0.392 e. The molecule has 0 saturated carbocycles. The highest BCUT2D eigenvalue weighted by Gasteiger charge is 2.25. The molecule has 0 aromatic heterocycles. The SMILES string of the molecule is Cc1cc(CO)cc(S(=O)(=O)N(C)C(C)C)c1C. The van der Waals surface area contributed by atoms with Crippen molar-refractivity contribution in [2.45, 2.75) is 45.2 Å². The third kappa shape index (κ3) is 2.74. The molecule has 0 spiro atoms. The van der Waals surface area contributed by atoms with E-state index in [1.54, 1.807) is 20.0 Å². The summed E-state index contributed by atoms with van der Waals surface area (Å²) >= 11 is 0. The first-order chi connectivity index (χ1) is 8.21. The molecule has 1 aromatic carbocycles. The maximum absolute atomic E-state index is 12.5. The van der Waals surface area contributed by atoms with Crippen LogP contribution in [0.5, 0.6) is 0 Å². The van der Waals surface area contributed by atoms with E-state index in [0.717, 1.165) is 11.1 Å². The number of hydrogen-bond acceptors (Lipinski definition) is 3. The zero-order valence-corrected chi connectivity index (χ0v) is 12.4. The average molecular weight is 271 g/mol. The fourth-order valence-electron chi connectivity index (χ4n) is 1.69. The quantitative estimate of drug-likeness (QED) is 0.909. The number of aryl methyl sites for hydroxylation is 1. The Labute approximate surface area is 109 Å². The summed E-state index contributed by atoms with van der Waals surface area (Å²) in [6.45, 7) is 7.14. The van der Waals surface area contributed by atoms with Crippen LogP contribution in [0.4, 0.5) is 0 Å². The predicted octanol–water partition coefficient (Wildman–Crippen LogP) is 1.82. The smallest absolute Gasteiger partial charge is 0.243 e. The standard InChI is InChI=1S/C13H21NO3S/c1-9(2)14(5)18(16,17)13-7-12(8-15)6-10(3)11(13)4/h6-7,9,15H,8H2,1-5H3. The first-order valence-corrected chi connectivity index (χ1v) is 7.34. The topological polar surface area (TPSA) is 57.6 Å². The van der Waals surface area contributed by atoms with Crippen LogP contribution >= 0.6 is 0 Å². The Balaban J connectivity index is 3.45. The van der Waals surface area contributed by atoms with Crippen molar-refractivity contribution < 1.29 is 13.5 Å². The van der Waals surface area contributed by atoms with Crippen LogP contribution < -0.4 is 0 Å². The molecular weight excluding hydrogens is 250 g/mol. The average Bonchev–Trinajstić information content (AvgIpc) is 2.30. The Morgan fingerprint density at radius 1 is 1.28 bits per heavy atom. The van der Waals surface area contributed by atoms with Gasteiger partial charge in [0.15, 0.2) is 0 Å². The van der Waals surface area contributed by atoms with Gasteiger partial charge in [-0.2, -0.15) is 4.31 Å². The summed E-state index contributed by atoms with van der Waals surface area (Å²) in [5, 5.41) is 9.18. The van der Waals surface area contributed by atoms with Crippen molar-refractivity contribution in [3.63, 3.8) is 0 Å². The summed E-state index contributed by atoms with van der Waals surface area (Å²) in [6, 6.07) is 3.26. The third-order valence-electron chi connectivity index (χ3n) is 3.25. The van der Waals surface area contributed by atoms with Crippen molar-refractivity contribution in [3.05, 3.63) is 28.8 Å². The van der Waals surface area contributed by atoms with Gasteiger partial charge in [-0.1, -0.05) is 6.07 Å². The molecule has 0 bridgehead atoms. The number of hydrogen-bond donors (Lipinski definition) is 1. The van der Waals surface area contributed by atoms with Crippen molar-refractivity contribution >= 4 is 10.0 Å². The molecule has 0 fully saturated rings. The molecule has 0 radical (unpaired) electrons. The van der Waals surface area contributed by atoms with E-state index in [1.165, 1.54) is 4.31 Å². The van der Waals surface area contributed by atoms with Gasteiger partial charge in [-0.05, 0) is 50.5 Å². The zero-order chi connectivity index (χ0) is 14.1. The molecule has 5 heteroatoms. The second-order valence-electron chi connectivity index (χ2n) is 4.81. The van der Waals surface area contributed by atoms with Crippen molar-refractivity contribution in [1.29, 1.82) is 0 Å². The van der Waals surface area contributed by atoms with Crippen LogP contribution in [0.25, 0.3) is 0 Å². The lowest BCUT2D eigenvalue weighted by Crippen LogP contribution is -2.33. The molecule has 4 nitrogen and oxygen atoms in total. The van der Waals surface area contributed by atoms with Gasteiger partial charge in [0.05, 0.1) is 11.5 Å². The maximum Gasteiger partial charge on any atom is 0.243 e. The summed E-state index contributed by atoms with van der Waals surface area (Å²) in [7, 11) is -1.93. The molecule has 1 rings (SSSR count). The summed E-state index contributed by atoms with van der Waals surface area (Å²) in [5.74, 6) is 0. The van der Waals surface area contributed by atoms with Gasteiger partial charge in [0, 0.05) is 13.1 Å². The van der Waals surface area contributed by atoms with E-state index in [2.05, 4.69) is 0 Å². The Morgan fingerprint density at radius 2 is 1.83 bits per heavy atom. The molecule has 0 aliphatic carbocycles. The van der Waals surface area contributed by atoms with E-state index in [1.807, 2.05) is 26.8 Å². The third-order valence-corrected chi connectivity index (χ3v) is 5.41. The summed E-state index contributed by atoms with van der Waals surface area (Å²) in [5.41, 5.74) is 2.23. The molecule has 1 N–H and O–H groups in total. The highest BCUT2D eigenvalue weighted by Crippen LogP contribution is 2.24. The molecule has 0 aliphatic rings. The molecule has 0 unspecified atom stereocenters. The molecule has 0 atom stereocenters. The first kappa shape index (κ1) is 15.1. The number of benzene rings is 1. The van der Waals surface area contributed by atoms with Crippen LogP contribution in [-0.4, -0.2) is 30.9 Å². The Kier molecular flexibility index (Phi) is 4.53. The van der Waals surface area contributed by atoms with Crippen LogP contribution in [0, 0.1) is 13.8 Å². The normalized spacial score (nSPS) is 12.4. The van der Waals surface area contributed by atoms with Crippen LogP contribution in [-0.2, 0) is 16.6 Å². The van der Waals surface area contributed by atoms with E-state index in [9.17, 15) is 13.5 Å². The lowest BCUT2D eigenvalue weighted by Gasteiger charge is -2.23. The molecule has 0 amide bonds. The van der Waals surface area contributed by atoms with Crippen molar-refractivity contribution in [2.24, 2.45) is 0 Å². The van der Waals surface area contributed by atoms with Crippen LogP contribution in [0.1, 0.15) is 30.5 Å². The maximum atomic E-state index is 12.5. The number of rotatable bonds is 4. The summed E-state index contributed by atoms with van der Waals surface area (Å²) in [4.78, 5) is 0.280. The van der Waals surface area contributed by atoms with Gasteiger partial charge >= 0.3 is 0 Å². The fraction of sp³-hybridized carbons (Fsp3) is 0.538. The molecule has 102 valence electrons. The van der Waals surface area contributed by atoms with Crippen LogP contribution in [0.3, 0.4) is 0 Å². The van der Waals surface area contributed by atoms with Gasteiger partial charge in [-0.25, -0.2) is 8.42 Å². The Morgan fingerprint density at radius 3 is 2.28 bits per heavy atom. The van der Waals surface area contributed by atoms with Crippen LogP contribution in [0.15, 0.2) is 17.0 Å². The lowest BCUT2D eigenvalue weighted by molar-refractivity contribution is 0.281. The van der Waals surface area contributed by atoms with Gasteiger partial charge in [0.25, 0.3) is 0 Å². The number of sulfonamides is 1. The minimum absolute atomic E-state index is 0.104. The van der Waals surface area contributed by atoms with E-state index < -0.39 is 10.0 Å². The van der Waals surface area contributed by atoms with Crippen molar-refractivity contribution in [3.8, 4) is 0 Å². The molecule has 0 heterocycles. The van der Waals surface area contributed by atoms with Gasteiger partial charge in [0.1, 0.15) is 0 Å². The van der Waals surface area contributed by atoms with Crippen molar-refractivity contribution in [1.82, 2.24) is 4.31 Å². The second kappa shape index (κ2) is 5.38. The first-order valence-electron chi connectivity index (χ1n) is 5.90. The van der Waals surface area contributed by atoms with E-state index in [4.69, 9.17) is 0 Å².